The van der Waals surface area contributed by atoms with Crippen LogP contribution in [-0.4, -0.2) is 0 Å². The summed E-state index contributed by atoms with van der Waals surface area (Å²) >= 11 is 0. The Kier molecular flexibility index (Phi) is 2.34. The first-order valence-electron chi connectivity index (χ1n) is 5.34. The van der Waals surface area contributed by atoms with E-state index in [1.165, 1.54) is 24.8 Å². The summed E-state index contributed by atoms with van der Waals surface area (Å²) in [6, 6.07) is 6.95. The van der Waals surface area contributed by atoms with Gasteiger partial charge >= 0.3 is 0 Å². The fourth-order valence-electron chi connectivity index (χ4n) is 2.06. The Balaban J connectivity index is 2.14. The van der Waals surface area contributed by atoms with Crippen LogP contribution in [0.4, 0.5) is 4.39 Å². The second-order valence-corrected chi connectivity index (χ2v) is 5.04. The zero-order chi connectivity index (χ0) is 10.2. The standard InChI is InChI=1S/C13H17F/c1-13(2,9-10-3-4-10)11-5-7-12(14)8-6-11/h5-8,10H,3-4,9H2,1-2H3. The molecule has 1 aromatic carbocycles. The van der Waals surface area contributed by atoms with Gasteiger partial charge in [-0.1, -0.05) is 38.8 Å². The highest BCUT2D eigenvalue weighted by Gasteiger charge is 2.30. The summed E-state index contributed by atoms with van der Waals surface area (Å²) in [6.45, 7) is 4.50. The molecule has 0 spiro atoms. The van der Waals surface area contributed by atoms with Crippen molar-refractivity contribution in [3.63, 3.8) is 0 Å². The molecule has 1 heteroatoms. The molecule has 0 nitrogen and oxygen atoms in total. The van der Waals surface area contributed by atoms with E-state index >= 15 is 0 Å². The highest BCUT2D eigenvalue weighted by atomic mass is 19.1. The molecule has 0 N–H and O–H groups in total. The molecule has 1 aliphatic rings. The van der Waals surface area contributed by atoms with Crippen LogP contribution in [-0.2, 0) is 5.41 Å². The van der Waals surface area contributed by atoms with Crippen LogP contribution in [0.15, 0.2) is 24.3 Å². The van der Waals surface area contributed by atoms with Gasteiger partial charge < -0.3 is 0 Å². The van der Waals surface area contributed by atoms with E-state index in [-0.39, 0.29) is 11.2 Å². The van der Waals surface area contributed by atoms with Crippen molar-refractivity contribution in [3.05, 3.63) is 35.6 Å². The molecule has 0 saturated heterocycles. The number of hydrogen-bond donors (Lipinski definition) is 0. The predicted octanol–water partition coefficient (Wildman–Crippen LogP) is 3.90. The van der Waals surface area contributed by atoms with Crippen LogP contribution in [0.1, 0.15) is 38.7 Å². The molecule has 0 bridgehead atoms. The number of halogens is 1. The molecule has 76 valence electrons. The van der Waals surface area contributed by atoms with Gasteiger partial charge in [0, 0.05) is 0 Å². The highest BCUT2D eigenvalue weighted by molar-refractivity contribution is 5.24. The monoisotopic (exact) mass is 192 g/mol. The SMILES string of the molecule is CC(C)(CC1CC1)c1ccc(F)cc1. The van der Waals surface area contributed by atoms with E-state index in [4.69, 9.17) is 0 Å². The number of rotatable bonds is 3. The van der Waals surface area contributed by atoms with Crippen molar-refractivity contribution in [1.82, 2.24) is 0 Å². The molecule has 0 radical (unpaired) electrons. The van der Waals surface area contributed by atoms with E-state index in [0.717, 1.165) is 5.92 Å². The number of hydrogen-bond acceptors (Lipinski definition) is 0. The van der Waals surface area contributed by atoms with Crippen LogP contribution in [0, 0.1) is 11.7 Å². The van der Waals surface area contributed by atoms with Crippen LogP contribution in [0.2, 0.25) is 0 Å². The molecule has 2 rings (SSSR count). The molecule has 0 heterocycles. The van der Waals surface area contributed by atoms with Crippen molar-refractivity contribution in [3.8, 4) is 0 Å². The second-order valence-electron chi connectivity index (χ2n) is 5.04. The molecule has 1 fully saturated rings. The first kappa shape index (κ1) is 9.70. The minimum Gasteiger partial charge on any atom is -0.207 e. The Morgan fingerprint density at radius 3 is 2.29 bits per heavy atom. The molecule has 1 aliphatic carbocycles. The molecule has 0 aliphatic heterocycles. The van der Waals surface area contributed by atoms with Gasteiger partial charge in [0.15, 0.2) is 0 Å². The van der Waals surface area contributed by atoms with Crippen LogP contribution in [0.5, 0.6) is 0 Å². The Hall–Kier alpha value is -0.850. The zero-order valence-corrected chi connectivity index (χ0v) is 8.89. The maximum absolute atomic E-state index is 12.7. The maximum Gasteiger partial charge on any atom is 0.123 e. The summed E-state index contributed by atoms with van der Waals surface area (Å²) in [5, 5.41) is 0. The lowest BCUT2D eigenvalue weighted by atomic mass is 9.80. The second kappa shape index (κ2) is 3.38. The first-order valence-corrected chi connectivity index (χ1v) is 5.34. The quantitative estimate of drug-likeness (QED) is 0.681. The number of benzene rings is 1. The summed E-state index contributed by atoms with van der Waals surface area (Å²) < 4.78 is 12.7. The van der Waals surface area contributed by atoms with Crippen molar-refractivity contribution >= 4 is 0 Å². The predicted molar refractivity (Wildman–Crippen MR) is 56.8 cm³/mol. The largest absolute Gasteiger partial charge is 0.207 e. The van der Waals surface area contributed by atoms with Gasteiger partial charge in [-0.3, -0.25) is 0 Å². The molecule has 0 atom stereocenters. The van der Waals surface area contributed by atoms with Gasteiger partial charge in [-0.05, 0) is 35.4 Å². The van der Waals surface area contributed by atoms with Crippen molar-refractivity contribution < 1.29 is 4.39 Å². The lowest BCUT2D eigenvalue weighted by molar-refractivity contribution is 0.447. The van der Waals surface area contributed by atoms with Gasteiger partial charge in [0.1, 0.15) is 5.82 Å². The van der Waals surface area contributed by atoms with Gasteiger partial charge in [-0.2, -0.15) is 0 Å². The third-order valence-corrected chi connectivity index (χ3v) is 3.12. The van der Waals surface area contributed by atoms with Crippen LogP contribution in [0.25, 0.3) is 0 Å². The van der Waals surface area contributed by atoms with Gasteiger partial charge in [-0.25, -0.2) is 4.39 Å². The molecule has 0 aromatic heterocycles. The van der Waals surface area contributed by atoms with Gasteiger partial charge in [0.25, 0.3) is 0 Å². The smallest absolute Gasteiger partial charge is 0.123 e. The fourth-order valence-corrected chi connectivity index (χ4v) is 2.06. The summed E-state index contributed by atoms with van der Waals surface area (Å²) in [7, 11) is 0. The Morgan fingerprint density at radius 2 is 1.79 bits per heavy atom. The fraction of sp³-hybridized carbons (Fsp3) is 0.538. The average Bonchev–Trinajstić information content (AvgIpc) is 2.88. The lowest BCUT2D eigenvalue weighted by Gasteiger charge is -2.25. The Bertz CT molecular complexity index is 307. The normalized spacial score (nSPS) is 17.1. The van der Waals surface area contributed by atoms with Crippen LogP contribution < -0.4 is 0 Å². The van der Waals surface area contributed by atoms with Crippen molar-refractivity contribution in [2.45, 2.75) is 38.5 Å². The van der Waals surface area contributed by atoms with Crippen molar-refractivity contribution in [1.29, 1.82) is 0 Å². The topological polar surface area (TPSA) is 0 Å². The van der Waals surface area contributed by atoms with Gasteiger partial charge in [-0.15, -0.1) is 0 Å². The third-order valence-electron chi connectivity index (χ3n) is 3.12. The zero-order valence-electron chi connectivity index (χ0n) is 8.89. The summed E-state index contributed by atoms with van der Waals surface area (Å²) in [6.07, 6.45) is 3.99. The van der Waals surface area contributed by atoms with E-state index in [2.05, 4.69) is 13.8 Å². The minimum absolute atomic E-state index is 0.143. The molecular weight excluding hydrogens is 175 g/mol. The Morgan fingerprint density at radius 1 is 1.21 bits per heavy atom. The summed E-state index contributed by atoms with van der Waals surface area (Å²) in [4.78, 5) is 0. The van der Waals surface area contributed by atoms with E-state index in [0.29, 0.717) is 0 Å². The maximum atomic E-state index is 12.7. The van der Waals surface area contributed by atoms with E-state index in [1.54, 1.807) is 12.1 Å². The third kappa shape index (κ3) is 2.14. The lowest BCUT2D eigenvalue weighted by Crippen LogP contribution is -2.17. The molecule has 1 aromatic rings. The van der Waals surface area contributed by atoms with Crippen LogP contribution in [0.3, 0.4) is 0 Å². The first-order chi connectivity index (χ1) is 6.58. The van der Waals surface area contributed by atoms with Gasteiger partial charge in [0.2, 0.25) is 0 Å². The van der Waals surface area contributed by atoms with E-state index in [1.807, 2.05) is 12.1 Å². The van der Waals surface area contributed by atoms with Gasteiger partial charge in [0.05, 0.1) is 0 Å². The van der Waals surface area contributed by atoms with Crippen LogP contribution >= 0.6 is 0 Å². The van der Waals surface area contributed by atoms with Crippen molar-refractivity contribution in [2.75, 3.05) is 0 Å². The Labute approximate surface area is 85.1 Å². The molecule has 0 amide bonds. The highest BCUT2D eigenvalue weighted by Crippen LogP contribution is 2.41. The molecular formula is C13H17F. The molecule has 1 saturated carbocycles. The molecule has 14 heavy (non-hydrogen) atoms. The molecule has 0 unspecified atom stereocenters. The summed E-state index contributed by atoms with van der Waals surface area (Å²) in [5.74, 6) is 0.769. The van der Waals surface area contributed by atoms with E-state index in [9.17, 15) is 4.39 Å². The summed E-state index contributed by atoms with van der Waals surface area (Å²) in [5.41, 5.74) is 1.46. The van der Waals surface area contributed by atoms with Crippen molar-refractivity contribution in [2.24, 2.45) is 5.92 Å². The average molecular weight is 192 g/mol. The van der Waals surface area contributed by atoms with E-state index < -0.39 is 0 Å². The minimum atomic E-state index is -0.143.